The maximum absolute atomic E-state index is 9.54. The van der Waals surface area contributed by atoms with Crippen LogP contribution in [0.3, 0.4) is 0 Å². The Morgan fingerprint density at radius 1 is 1.25 bits per heavy atom. The van der Waals surface area contributed by atoms with Crippen LogP contribution in [0.2, 0.25) is 0 Å². The first-order valence-electron chi connectivity index (χ1n) is 4.32. The van der Waals surface area contributed by atoms with E-state index >= 15 is 0 Å². The summed E-state index contributed by atoms with van der Waals surface area (Å²) < 4.78 is 0. The third-order valence-electron chi connectivity index (χ3n) is 2.35. The van der Waals surface area contributed by atoms with Crippen LogP contribution < -0.4 is 0 Å². The third-order valence-corrected chi connectivity index (χ3v) is 2.35. The predicted molar refractivity (Wildman–Crippen MR) is 49.2 cm³/mol. The highest BCUT2D eigenvalue weighted by Gasteiger charge is 2.14. The zero-order valence-corrected chi connectivity index (χ0v) is 6.90. The minimum atomic E-state index is 0.425. The molecule has 1 aromatic carbocycles. The van der Waals surface area contributed by atoms with E-state index in [0.29, 0.717) is 11.7 Å². The third kappa shape index (κ3) is 1.22. The molecule has 1 aliphatic carbocycles. The van der Waals surface area contributed by atoms with Crippen molar-refractivity contribution in [3.8, 4) is 5.75 Å². The van der Waals surface area contributed by atoms with Crippen LogP contribution in [0, 0.1) is 0 Å². The zero-order valence-electron chi connectivity index (χ0n) is 6.90. The molecule has 0 bridgehead atoms. The van der Waals surface area contributed by atoms with Gasteiger partial charge in [-0.15, -0.1) is 0 Å². The van der Waals surface area contributed by atoms with Gasteiger partial charge in [-0.3, -0.25) is 0 Å². The number of allylic oxidation sites excluding steroid dienone is 2. The van der Waals surface area contributed by atoms with Crippen LogP contribution in [0.4, 0.5) is 0 Å². The Hall–Kier alpha value is -1.24. The van der Waals surface area contributed by atoms with E-state index < -0.39 is 0 Å². The molecule has 0 heterocycles. The average Bonchev–Trinajstić information content (AvgIpc) is 2.57. The van der Waals surface area contributed by atoms with Gasteiger partial charge in [-0.2, -0.15) is 0 Å². The maximum Gasteiger partial charge on any atom is 0.119 e. The second kappa shape index (κ2) is 3.02. The van der Waals surface area contributed by atoms with Gasteiger partial charge in [0.05, 0.1) is 0 Å². The molecule has 1 aromatic rings. The minimum absolute atomic E-state index is 0.425. The van der Waals surface area contributed by atoms with Crippen LogP contribution in [-0.2, 0) is 0 Å². The van der Waals surface area contributed by atoms with E-state index in [4.69, 9.17) is 0 Å². The topological polar surface area (TPSA) is 20.2 Å². The smallest absolute Gasteiger partial charge is 0.119 e. The van der Waals surface area contributed by atoms with Gasteiger partial charge in [0.15, 0.2) is 0 Å². The summed E-state index contributed by atoms with van der Waals surface area (Å²) in [5, 5.41) is 9.54. The summed E-state index contributed by atoms with van der Waals surface area (Å²) in [4.78, 5) is 0. The molecule has 0 radical (unpaired) electrons. The van der Waals surface area contributed by atoms with Crippen LogP contribution in [0.25, 0.3) is 0 Å². The van der Waals surface area contributed by atoms with Crippen molar-refractivity contribution >= 4 is 0 Å². The van der Waals surface area contributed by atoms with Crippen molar-refractivity contribution in [2.45, 2.75) is 18.8 Å². The van der Waals surface area contributed by atoms with Crippen LogP contribution in [0.15, 0.2) is 36.4 Å². The summed E-state index contributed by atoms with van der Waals surface area (Å²) >= 11 is 0. The van der Waals surface area contributed by atoms with E-state index in [0.717, 1.165) is 18.4 Å². The van der Waals surface area contributed by atoms with Gasteiger partial charge in [0, 0.05) is 11.5 Å². The highest BCUT2D eigenvalue weighted by molar-refractivity contribution is 5.38. The molecule has 1 atom stereocenters. The molecular formula is C11H12O. The molecule has 1 nitrogen and oxygen atoms in total. The zero-order chi connectivity index (χ0) is 8.39. The summed E-state index contributed by atoms with van der Waals surface area (Å²) in [6.45, 7) is 0. The lowest BCUT2D eigenvalue weighted by atomic mass is 9.98. The number of phenols is 1. The maximum atomic E-state index is 9.54. The van der Waals surface area contributed by atoms with Gasteiger partial charge in [-0.1, -0.05) is 30.4 Å². The first-order chi connectivity index (χ1) is 5.88. The van der Waals surface area contributed by atoms with E-state index in [-0.39, 0.29) is 0 Å². The highest BCUT2D eigenvalue weighted by atomic mass is 16.3. The second-order valence-electron chi connectivity index (χ2n) is 3.17. The number of benzene rings is 1. The van der Waals surface area contributed by atoms with Gasteiger partial charge in [0.2, 0.25) is 0 Å². The highest BCUT2D eigenvalue weighted by Crippen LogP contribution is 2.33. The van der Waals surface area contributed by atoms with Crippen molar-refractivity contribution in [3.63, 3.8) is 0 Å². The second-order valence-corrected chi connectivity index (χ2v) is 3.17. The van der Waals surface area contributed by atoms with Crippen molar-refractivity contribution in [1.29, 1.82) is 0 Å². The predicted octanol–water partition coefficient (Wildman–Crippen LogP) is 2.83. The van der Waals surface area contributed by atoms with E-state index in [1.54, 1.807) is 6.07 Å². The van der Waals surface area contributed by atoms with E-state index in [1.165, 1.54) is 0 Å². The number of aromatic hydroxyl groups is 1. The Bertz CT molecular complexity index is 302. The number of hydrogen-bond donors (Lipinski definition) is 1. The van der Waals surface area contributed by atoms with Crippen molar-refractivity contribution in [3.05, 3.63) is 42.0 Å². The molecule has 0 unspecified atom stereocenters. The van der Waals surface area contributed by atoms with Crippen LogP contribution >= 0.6 is 0 Å². The molecule has 0 amide bonds. The summed E-state index contributed by atoms with van der Waals surface area (Å²) in [5.41, 5.74) is 1.06. The Kier molecular flexibility index (Phi) is 1.86. The summed E-state index contributed by atoms with van der Waals surface area (Å²) in [6.07, 6.45) is 6.63. The molecule has 1 N–H and O–H groups in total. The first kappa shape index (κ1) is 7.41. The van der Waals surface area contributed by atoms with Gasteiger partial charge in [-0.25, -0.2) is 0 Å². The first-order valence-corrected chi connectivity index (χ1v) is 4.32. The lowest BCUT2D eigenvalue weighted by molar-refractivity contribution is 0.465. The molecule has 0 spiro atoms. The molecule has 12 heavy (non-hydrogen) atoms. The van der Waals surface area contributed by atoms with Crippen LogP contribution in [-0.4, -0.2) is 5.11 Å². The molecule has 0 fully saturated rings. The van der Waals surface area contributed by atoms with Gasteiger partial charge >= 0.3 is 0 Å². The fourth-order valence-electron chi connectivity index (χ4n) is 1.69. The quantitative estimate of drug-likeness (QED) is 0.626. The minimum Gasteiger partial charge on any atom is -0.508 e. The summed E-state index contributed by atoms with van der Waals surface area (Å²) in [5.74, 6) is 0.861. The summed E-state index contributed by atoms with van der Waals surface area (Å²) in [7, 11) is 0. The fraction of sp³-hybridized carbons (Fsp3) is 0.273. The Balaban J connectivity index is 2.33. The van der Waals surface area contributed by atoms with Gasteiger partial charge in [-0.05, 0) is 18.9 Å². The van der Waals surface area contributed by atoms with Crippen molar-refractivity contribution in [2.24, 2.45) is 0 Å². The van der Waals surface area contributed by atoms with Crippen molar-refractivity contribution in [2.75, 3.05) is 0 Å². The summed E-state index contributed by atoms with van der Waals surface area (Å²) in [6, 6.07) is 7.58. The number of rotatable bonds is 1. The molecule has 0 aromatic heterocycles. The SMILES string of the molecule is Oc1ccccc1[C@H]1C=CCC1. The molecule has 1 heteroatoms. The number of para-hydroxylation sites is 1. The number of hydrogen-bond acceptors (Lipinski definition) is 1. The molecule has 0 aliphatic heterocycles. The molecule has 0 saturated carbocycles. The largest absolute Gasteiger partial charge is 0.508 e. The van der Waals surface area contributed by atoms with Crippen molar-refractivity contribution < 1.29 is 5.11 Å². The molecule has 62 valence electrons. The monoisotopic (exact) mass is 160 g/mol. The molecule has 2 rings (SSSR count). The number of phenolic OH excluding ortho intramolecular Hbond substituents is 1. The van der Waals surface area contributed by atoms with Gasteiger partial charge in [0.1, 0.15) is 5.75 Å². The van der Waals surface area contributed by atoms with E-state index in [9.17, 15) is 5.11 Å². The van der Waals surface area contributed by atoms with Gasteiger partial charge in [0.25, 0.3) is 0 Å². The fourth-order valence-corrected chi connectivity index (χ4v) is 1.69. The molecular weight excluding hydrogens is 148 g/mol. The Morgan fingerprint density at radius 2 is 2.08 bits per heavy atom. The van der Waals surface area contributed by atoms with Gasteiger partial charge < -0.3 is 5.11 Å². The molecule has 0 saturated heterocycles. The molecule has 1 aliphatic rings. The van der Waals surface area contributed by atoms with Crippen LogP contribution in [0.5, 0.6) is 5.75 Å². The lowest BCUT2D eigenvalue weighted by Crippen LogP contribution is -1.90. The van der Waals surface area contributed by atoms with E-state index in [1.807, 2.05) is 18.2 Å². The van der Waals surface area contributed by atoms with Crippen molar-refractivity contribution in [1.82, 2.24) is 0 Å². The van der Waals surface area contributed by atoms with Crippen LogP contribution in [0.1, 0.15) is 24.3 Å². The standard InChI is InChI=1S/C11H12O/c12-11-8-4-3-7-10(11)9-5-1-2-6-9/h1,3-5,7-9,12H,2,6H2/t9-/m0/s1. The Morgan fingerprint density at radius 3 is 2.75 bits per heavy atom. The lowest BCUT2D eigenvalue weighted by Gasteiger charge is -2.09. The van der Waals surface area contributed by atoms with E-state index in [2.05, 4.69) is 12.2 Å². The average molecular weight is 160 g/mol. The Labute approximate surface area is 72.4 Å². The normalized spacial score (nSPS) is 21.5.